The van der Waals surface area contributed by atoms with Crippen molar-refractivity contribution >= 4 is 40.4 Å². The number of aromatic amines is 1. The first-order valence-corrected chi connectivity index (χ1v) is 18.7. The van der Waals surface area contributed by atoms with Crippen molar-refractivity contribution in [3.63, 3.8) is 0 Å². The first kappa shape index (κ1) is 37.9. The SMILES string of the molecule is CCN1C(=O)[C@H](CCCCN)NC(=O)[C@H](CCCN)NCc2ccccc2Sc2ccc(OC)cc2CNC(=O)[C@@H]1Cc1c[nH]c2ccccc12. The van der Waals surface area contributed by atoms with E-state index in [2.05, 4.69) is 27.0 Å². The quantitative estimate of drug-likeness (QED) is 0.126. The molecule has 2 heterocycles. The largest absolute Gasteiger partial charge is 0.497 e. The molecule has 0 fully saturated rings. The molecule has 12 heteroatoms. The summed E-state index contributed by atoms with van der Waals surface area (Å²) in [5, 5.41) is 10.7. The van der Waals surface area contributed by atoms with E-state index in [-0.39, 0.29) is 37.2 Å². The summed E-state index contributed by atoms with van der Waals surface area (Å²) in [5.41, 5.74) is 15.5. The second-order valence-corrected chi connectivity index (χ2v) is 13.9. The number of nitrogens with two attached hydrogens (primary N) is 2. The number of ether oxygens (including phenoxy) is 1. The van der Waals surface area contributed by atoms with E-state index in [0.717, 1.165) is 37.4 Å². The molecule has 0 radical (unpaired) electrons. The van der Waals surface area contributed by atoms with Crippen LogP contribution in [0.1, 0.15) is 55.7 Å². The number of amides is 3. The van der Waals surface area contributed by atoms with Crippen LogP contribution in [0.4, 0.5) is 0 Å². The lowest BCUT2D eigenvalue weighted by Crippen LogP contribution is -2.58. The van der Waals surface area contributed by atoms with Crippen molar-refractivity contribution in [3.05, 3.63) is 89.6 Å². The number of hydrogen-bond donors (Lipinski definition) is 6. The Kier molecular flexibility index (Phi) is 13.9. The zero-order chi connectivity index (χ0) is 36.2. The summed E-state index contributed by atoms with van der Waals surface area (Å²) in [6.07, 6.45) is 5.08. The molecular weight excluding hydrogens is 663 g/mol. The van der Waals surface area contributed by atoms with Crippen LogP contribution in [0, 0.1) is 0 Å². The van der Waals surface area contributed by atoms with Crippen molar-refractivity contribution in [1.29, 1.82) is 0 Å². The maximum atomic E-state index is 14.6. The molecule has 1 aliphatic rings. The number of unbranched alkanes of at least 4 members (excludes halogenated alkanes) is 1. The smallest absolute Gasteiger partial charge is 0.245 e. The van der Waals surface area contributed by atoms with Gasteiger partial charge in [0.1, 0.15) is 17.8 Å². The number of rotatable bonds is 11. The van der Waals surface area contributed by atoms with Gasteiger partial charge in [0.15, 0.2) is 0 Å². The van der Waals surface area contributed by atoms with E-state index < -0.39 is 18.1 Å². The van der Waals surface area contributed by atoms with Crippen LogP contribution in [0.25, 0.3) is 10.9 Å². The van der Waals surface area contributed by atoms with Gasteiger partial charge in [0.05, 0.1) is 13.2 Å². The van der Waals surface area contributed by atoms with Crippen LogP contribution in [-0.4, -0.2) is 72.5 Å². The van der Waals surface area contributed by atoms with Gasteiger partial charge in [-0.1, -0.05) is 48.2 Å². The van der Waals surface area contributed by atoms with Crippen molar-refractivity contribution in [2.45, 2.75) is 86.5 Å². The highest BCUT2D eigenvalue weighted by atomic mass is 32.2. The van der Waals surface area contributed by atoms with Gasteiger partial charge in [0.2, 0.25) is 17.7 Å². The predicted octanol–water partition coefficient (Wildman–Crippen LogP) is 4.23. The summed E-state index contributed by atoms with van der Waals surface area (Å²) in [6.45, 7) is 3.72. The summed E-state index contributed by atoms with van der Waals surface area (Å²) in [5.74, 6) is -0.172. The van der Waals surface area contributed by atoms with E-state index >= 15 is 0 Å². The van der Waals surface area contributed by atoms with E-state index in [1.54, 1.807) is 23.8 Å². The molecule has 0 spiro atoms. The fraction of sp³-hybridized carbons (Fsp3) is 0.410. The number of carbonyl (C=O) groups excluding carboxylic acids is 3. The summed E-state index contributed by atoms with van der Waals surface area (Å²) in [6, 6.07) is 19.6. The predicted molar refractivity (Wildman–Crippen MR) is 202 cm³/mol. The molecule has 3 aromatic carbocycles. The minimum absolute atomic E-state index is 0.229. The number of H-pyrrole nitrogens is 1. The average Bonchev–Trinajstić information content (AvgIpc) is 3.56. The first-order chi connectivity index (χ1) is 24.9. The van der Waals surface area contributed by atoms with Gasteiger partial charge in [-0.25, -0.2) is 0 Å². The lowest BCUT2D eigenvalue weighted by atomic mass is 10.00. The van der Waals surface area contributed by atoms with Gasteiger partial charge in [-0.05, 0) is 99.1 Å². The zero-order valence-electron chi connectivity index (χ0n) is 29.6. The lowest BCUT2D eigenvalue weighted by molar-refractivity contribution is -0.143. The molecule has 1 aromatic heterocycles. The highest BCUT2D eigenvalue weighted by Crippen LogP contribution is 2.35. The van der Waals surface area contributed by atoms with Crippen molar-refractivity contribution in [2.24, 2.45) is 11.5 Å². The van der Waals surface area contributed by atoms with Crippen LogP contribution in [-0.2, 0) is 33.9 Å². The third kappa shape index (κ3) is 9.70. The second-order valence-electron chi connectivity index (χ2n) is 12.8. The molecule has 3 amide bonds. The van der Waals surface area contributed by atoms with Crippen LogP contribution in [0.3, 0.4) is 0 Å². The van der Waals surface area contributed by atoms with Crippen molar-refractivity contribution in [3.8, 4) is 5.75 Å². The molecule has 51 heavy (non-hydrogen) atoms. The number of para-hydroxylation sites is 1. The molecule has 0 bridgehead atoms. The number of likely N-dealkylation sites (N-methyl/N-ethyl adjacent to an activating group) is 1. The summed E-state index contributed by atoms with van der Waals surface area (Å²) >= 11 is 1.60. The van der Waals surface area contributed by atoms with E-state index in [0.29, 0.717) is 57.5 Å². The second kappa shape index (κ2) is 18.8. The van der Waals surface area contributed by atoms with Gasteiger partial charge in [-0.15, -0.1) is 0 Å². The number of benzene rings is 3. The zero-order valence-corrected chi connectivity index (χ0v) is 30.4. The lowest BCUT2D eigenvalue weighted by Gasteiger charge is -2.34. The maximum absolute atomic E-state index is 14.6. The van der Waals surface area contributed by atoms with Gasteiger partial charge in [0, 0.05) is 52.9 Å². The summed E-state index contributed by atoms with van der Waals surface area (Å²) in [4.78, 5) is 50.0. The minimum atomic E-state index is -0.847. The molecule has 8 N–H and O–H groups in total. The van der Waals surface area contributed by atoms with Crippen molar-refractivity contribution in [1.82, 2.24) is 25.8 Å². The van der Waals surface area contributed by atoms with E-state index in [1.165, 1.54) is 0 Å². The van der Waals surface area contributed by atoms with Crippen molar-refractivity contribution in [2.75, 3.05) is 26.7 Å². The maximum Gasteiger partial charge on any atom is 0.245 e. The van der Waals surface area contributed by atoms with Gasteiger partial charge >= 0.3 is 0 Å². The molecule has 3 atom stereocenters. The molecule has 11 nitrogen and oxygen atoms in total. The Morgan fingerprint density at radius 3 is 2.37 bits per heavy atom. The molecule has 0 unspecified atom stereocenters. The Morgan fingerprint density at radius 1 is 0.843 bits per heavy atom. The van der Waals surface area contributed by atoms with Gasteiger partial charge in [0.25, 0.3) is 0 Å². The highest BCUT2D eigenvalue weighted by molar-refractivity contribution is 7.99. The molecule has 0 saturated carbocycles. The third-order valence-electron chi connectivity index (χ3n) is 9.42. The molecule has 4 aromatic rings. The normalized spacial score (nSPS) is 19.2. The molecule has 0 saturated heterocycles. The number of hydrogen-bond acceptors (Lipinski definition) is 8. The Balaban J connectivity index is 1.58. The fourth-order valence-corrected chi connectivity index (χ4v) is 7.63. The first-order valence-electron chi connectivity index (χ1n) is 17.9. The minimum Gasteiger partial charge on any atom is -0.497 e. The monoisotopic (exact) mass is 713 g/mol. The average molecular weight is 714 g/mol. The molecular formula is C39H51N7O4S. The van der Waals surface area contributed by atoms with Crippen LogP contribution in [0.15, 0.2) is 82.7 Å². The Labute approximate surface area is 304 Å². The van der Waals surface area contributed by atoms with Crippen LogP contribution in [0.5, 0.6) is 5.75 Å². The summed E-state index contributed by atoms with van der Waals surface area (Å²) in [7, 11) is 1.62. The number of aromatic nitrogens is 1. The van der Waals surface area contributed by atoms with Crippen LogP contribution < -0.4 is 32.2 Å². The Morgan fingerprint density at radius 2 is 1.59 bits per heavy atom. The van der Waals surface area contributed by atoms with Crippen LogP contribution >= 0.6 is 11.8 Å². The van der Waals surface area contributed by atoms with Gasteiger partial charge in [-0.3, -0.25) is 14.4 Å². The number of nitrogens with one attached hydrogen (secondary N) is 4. The van der Waals surface area contributed by atoms with E-state index in [4.69, 9.17) is 16.2 Å². The third-order valence-corrected chi connectivity index (χ3v) is 10.7. The van der Waals surface area contributed by atoms with Crippen LogP contribution in [0.2, 0.25) is 0 Å². The topological polar surface area (TPSA) is 168 Å². The molecule has 0 aliphatic carbocycles. The number of methoxy groups -OCH3 is 1. The number of nitrogens with zero attached hydrogens (tertiary/aromatic N) is 1. The molecule has 1 aliphatic heterocycles. The van der Waals surface area contributed by atoms with E-state index in [1.807, 2.05) is 73.8 Å². The number of fused-ring (bicyclic) bond motifs is 3. The molecule has 5 rings (SSSR count). The summed E-state index contributed by atoms with van der Waals surface area (Å²) < 4.78 is 5.57. The standard InChI is InChI=1S/C39H51N7O4S/c1-3-46-34(22-27-24-42-31-13-6-5-12-30(27)31)38(48)44-25-28-21-29(50-2)17-18-36(28)51-35-16-7-4-11-26(35)23-43-32(15-10-20-41)37(47)45-33(39(46)49)14-8-9-19-40/h4-7,11-13,16-18,21,24,32-34,42-43H,3,8-10,14-15,19-20,22-23,25,40-41H2,1-2H3,(H,44,48)(H,45,47)/t32-,33-,34-/m0/s1. The number of carbonyl (C=O) groups is 3. The fourth-order valence-electron chi connectivity index (χ4n) is 6.58. The van der Waals surface area contributed by atoms with Gasteiger partial charge in [-0.2, -0.15) is 0 Å². The van der Waals surface area contributed by atoms with Crippen molar-refractivity contribution < 1.29 is 19.1 Å². The molecule has 272 valence electrons. The Bertz CT molecular complexity index is 1780. The highest BCUT2D eigenvalue weighted by Gasteiger charge is 2.35. The van der Waals surface area contributed by atoms with Gasteiger partial charge < -0.3 is 42.0 Å². The Hall–Kier alpha value is -4.36. The van der Waals surface area contributed by atoms with E-state index in [9.17, 15) is 14.4 Å².